The predicted molar refractivity (Wildman–Crippen MR) is 81.0 cm³/mol. The van der Waals surface area contributed by atoms with Crippen molar-refractivity contribution in [1.29, 1.82) is 0 Å². The Morgan fingerprint density at radius 2 is 0.842 bits per heavy atom. The number of hydrogen-bond acceptors (Lipinski definition) is 0. The molecule has 0 saturated carbocycles. The van der Waals surface area contributed by atoms with Gasteiger partial charge in [0.25, 0.3) is 0 Å². The maximum absolute atomic E-state index is 2.21. The van der Waals surface area contributed by atoms with Crippen molar-refractivity contribution in [3.8, 4) is 0 Å². The van der Waals surface area contributed by atoms with Gasteiger partial charge in [-0.3, -0.25) is 11.1 Å². The maximum Gasteiger partial charge on any atom is 0.0307 e. The molecule has 0 heterocycles. The standard InChI is InChI=1S/C14H20.C2H6Si.2Y/c1-7-13-11(5)9(3)10(4)12(6)14(13)8-2;1-3-2;;/h7-8H,1-6H3;1-2H3;;/q-2;;;. The smallest absolute Gasteiger partial charge is 0.0307 e. The Labute approximate surface area is 173 Å². The fraction of sp³-hybridized carbons (Fsp3) is 0.500. The van der Waals surface area contributed by atoms with E-state index < -0.39 is 0 Å². The van der Waals surface area contributed by atoms with Crippen LogP contribution >= 0.6 is 0 Å². The zero-order valence-electron chi connectivity index (χ0n) is 13.8. The van der Waals surface area contributed by atoms with E-state index >= 15 is 0 Å². The van der Waals surface area contributed by atoms with Gasteiger partial charge in [-0.2, -0.15) is 0 Å². The van der Waals surface area contributed by atoms with E-state index in [2.05, 4.69) is 67.5 Å². The summed E-state index contributed by atoms with van der Waals surface area (Å²) in [5.41, 5.74) is 8.50. The molecule has 0 spiro atoms. The Bertz CT molecular complexity index is 339. The van der Waals surface area contributed by atoms with Gasteiger partial charge in [-0.15, -0.1) is 25.0 Å². The van der Waals surface area contributed by atoms with Crippen molar-refractivity contribution in [2.24, 2.45) is 0 Å². The Morgan fingerprint density at radius 3 is 1.00 bits per heavy atom. The second-order valence-electron chi connectivity index (χ2n) is 4.40. The van der Waals surface area contributed by atoms with Crippen LogP contribution in [-0.4, -0.2) is 9.52 Å². The first-order chi connectivity index (χ1) is 7.95. The van der Waals surface area contributed by atoms with E-state index in [9.17, 15) is 0 Å². The molecule has 19 heavy (non-hydrogen) atoms. The molecule has 0 aliphatic carbocycles. The summed E-state index contributed by atoms with van der Waals surface area (Å²) < 4.78 is 0. The van der Waals surface area contributed by atoms with Crippen LogP contribution in [0.25, 0.3) is 0 Å². The van der Waals surface area contributed by atoms with Crippen LogP contribution in [-0.2, 0) is 65.4 Å². The molecule has 0 saturated heterocycles. The zero-order chi connectivity index (χ0) is 13.6. The van der Waals surface area contributed by atoms with Crippen molar-refractivity contribution >= 4 is 9.52 Å². The summed E-state index contributed by atoms with van der Waals surface area (Å²) in [7, 11) is 1.08. The summed E-state index contributed by atoms with van der Waals surface area (Å²) in [5, 5.41) is 0. The van der Waals surface area contributed by atoms with Crippen molar-refractivity contribution in [3.05, 3.63) is 46.2 Å². The summed E-state index contributed by atoms with van der Waals surface area (Å²) in [4.78, 5) is 0. The molecule has 0 aliphatic heterocycles. The van der Waals surface area contributed by atoms with Gasteiger partial charge in [-0.1, -0.05) is 40.8 Å². The third-order valence-electron chi connectivity index (χ3n) is 3.36. The Kier molecular flexibility index (Phi) is 17.4. The van der Waals surface area contributed by atoms with Gasteiger partial charge in [-0.25, -0.2) is 24.0 Å². The van der Waals surface area contributed by atoms with Crippen LogP contribution in [0.5, 0.6) is 0 Å². The van der Waals surface area contributed by atoms with Crippen molar-refractivity contribution < 1.29 is 65.4 Å². The van der Waals surface area contributed by atoms with Crippen molar-refractivity contribution in [1.82, 2.24) is 0 Å². The molecule has 0 bridgehead atoms. The van der Waals surface area contributed by atoms with Crippen molar-refractivity contribution in [2.45, 2.75) is 54.6 Å². The second kappa shape index (κ2) is 13.1. The Balaban J connectivity index is -0.000000468. The second-order valence-corrected chi connectivity index (χ2v) is 5.40. The largest absolute Gasteiger partial charge is 0.293 e. The van der Waals surface area contributed by atoms with E-state index in [1.807, 2.05) is 0 Å². The van der Waals surface area contributed by atoms with Crippen LogP contribution in [0.2, 0.25) is 13.1 Å². The third kappa shape index (κ3) is 6.79. The molecule has 1 aromatic carbocycles. The molecule has 1 rings (SSSR count). The quantitative estimate of drug-likeness (QED) is 0.471. The molecule has 0 atom stereocenters. The average molecular weight is 424 g/mol. The number of rotatable bonds is 2. The molecule has 0 N–H and O–H groups in total. The van der Waals surface area contributed by atoms with Gasteiger partial charge < -0.3 is 0 Å². The molecular weight excluding hydrogens is 398 g/mol. The van der Waals surface area contributed by atoms with Crippen LogP contribution < -0.4 is 0 Å². The minimum absolute atomic E-state index is 0. The molecule has 0 aromatic heterocycles. The molecule has 3 heteroatoms. The van der Waals surface area contributed by atoms with Crippen molar-refractivity contribution in [3.63, 3.8) is 0 Å². The Hall–Kier alpha value is 1.38. The van der Waals surface area contributed by atoms with Gasteiger partial charge in [0.15, 0.2) is 0 Å². The first-order valence-corrected chi connectivity index (χ1v) is 8.23. The van der Waals surface area contributed by atoms with Gasteiger partial charge in [0.05, 0.1) is 0 Å². The zero-order valence-corrected chi connectivity index (χ0v) is 20.5. The molecule has 102 valence electrons. The van der Waals surface area contributed by atoms with Crippen LogP contribution in [0.3, 0.4) is 0 Å². The van der Waals surface area contributed by atoms with E-state index in [1.165, 1.54) is 33.4 Å². The fourth-order valence-corrected chi connectivity index (χ4v) is 2.11. The molecule has 0 nitrogen and oxygen atoms in total. The monoisotopic (exact) mass is 424 g/mol. The van der Waals surface area contributed by atoms with Crippen LogP contribution in [0.1, 0.15) is 47.2 Å². The first-order valence-electron chi connectivity index (χ1n) is 6.23. The summed E-state index contributed by atoms with van der Waals surface area (Å²) in [5.74, 6) is 0. The van der Waals surface area contributed by atoms with Crippen molar-refractivity contribution in [2.75, 3.05) is 0 Å². The molecule has 0 aliphatic rings. The normalized spacial score (nSPS) is 8.42. The van der Waals surface area contributed by atoms with Gasteiger partial charge in [0.2, 0.25) is 0 Å². The molecule has 0 fully saturated rings. The molecule has 0 unspecified atom stereocenters. The fourth-order valence-electron chi connectivity index (χ4n) is 2.11. The van der Waals surface area contributed by atoms with Gasteiger partial charge in [0, 0.05) is 74.9 Å². The van der Waals surface area contributed by atoms with E-state index in [4.69, 9.17) is 0 Å². The molecular formula is C16H26SiY2-2. The summed E-state index contributed by atoms with van der Waals surface area (Å²) in [6.07, 6.45) is 4.42. The average Bonchev–Trinajstić information content (AvgIpc) is 2.31. The van der Waals surface area contributed by atoms with Crippen LogP contribution in [0, 0.1) is 40.5 Å². The van der Waals surface area contributed by atoms with Gasteiger partial charge in [-0.05, 0) is 0 Å². The SMILES string of the molecule is C[CH-]c1c(C)c(C)c(C)c(C)c1[CH-]C.C[Si]C.[Y].[Y]. The molecule has 1 aromatic rings. The van der Waals surface area contributed by atoms with Crippen LogP contribution in [0.15, 0.2) is 0 Å². The van der Waals surface area contributed by atoms with E-state index in [1.54, 1.807) is 0 Å². The van der Waals surface area contributed by atoms with Gasteiger partial charge >= 0.3 is 0 Å². The topological polar surface area (TPSA) is 0 Å². The van der Waals surface area contributed by atoms with E-state index in [0.29, 0.717) is 0 Å². The first kappa shape index (κ1) is 25.3. The minimum atomic E-state index is 0. The third-order valence-corrected chi connectivity index (χ3v) is 3.36. The molecule has 0 amide bonds. The summed E-state index contributed by atoms with van der Waals surface area (Å²) >= 11 is 0. The minimum Gasteiger partial charge on any atom is -0.293 e. The summed E-state index contributed by atoms with van der Waals surface area (Å²) in [6.45, 7) is 17.4. The Morgan fingerprint density at radius 1 is 0.632 bits per heavy atom. The molecule has 4 radical (unpaired) electrons. The maximum atomic E-state index is 2.21. The van der Waals surface area contributed by atoms with Gasteiger partial charge in [0.1, 0.15) is 0 Å². The van der Waals surface area contributed by atoms with E-state index in [-0.39, 0.29) is 65.4 Å². The predicted octanol–water partition coefficient (Wildman–Crippen LogP) is 4.85. The summed E-state index contributed by atoms with van der Waals surface area (Å²) in [6, 6.07) is 0. The number of benzene rings is 1. The van der Waals surface area contributed by atoms with E-state index in [0.717, 1.165) is 9.52 Å². The van der Waals surface area contributed by atoms with Crippen LogP contribution in [0.4, 0.5) is 0 Å². The number of hydrogen-bond donors (Lipinski definition) is 0.